The summed E-state index contributed by atoms with van der Waals surface area (Å²) in [4.78, 5) is 19.5. The summed E-state index contributed by atoms with van der Waals surface area (Å²) < 4.78 is 0. The fourth-order valence-electron chi connectivity index (χ4n) is 1.30. The van der Waals surface area contributed by atoms with Crippen LogP contribution in [0.3, 0.4) is 0 Å². The Hall–Kier alpha value is -1.96. The molecule has 8 heteroatoms. The second-order valence-electron chi connectivity index (χ2n) is 3.93. The van der Waals surface area contributed by atoms with Gasteiger partial charge < -0.3 is 16.0 Å². The highest BCUT2D eigenvalue weighted by molar-refractivity contribution is 7.11. The number of rotatable bonds is 4. The fraction of sp³-hybridized carbons (Fsp3) is 0.400. The SMILES string of the molecule is Cc1cnc(CNc2nc(N)nc(N(C)C)n2)s1. The number of aromatic nitrogens is 4. The summed E-state index contributed by atoms with van der Waals surface area (Å²) in [6.45, 7) is 2.60. The van der Waals surface area contributed by atoms with Crippen LogP contribution >= 0.6 is 11.3 Å². The molecule has 0 atom stereocenters. The number of nitrogen functional groups attached to an aromatic ring is 1. The van der Waals surface area contributed by atoms with Gasteiger partial charge in [0.15, 0.2) is 0 Å². The topological polar surface area (TPSA) is 92.8 Å². The van der Waals surface area contributed by atoms with Gasteiger partial charge in [-0.3, -0.25) is 0 Å². The van der Waals surface area contributed by atoms with Crippen LogP contribution in [0.4, 0.5) is 17.8 Å². The monoisotopic (exact) mass is 265 g/mol. The highest BCUT2D eigenvalue weighted by Gasteiger charge is 2.06. The molecule has 0 bridgehead atoms. The molecule has 18 heavy (non-hydrogen) atoms. The molecule has 7 nitrogen and oxygen atoms in total. The van der Waals surface area contributed by atoms with Gasteiger partial charge in [0.2, 0.25) is 17.8 Å². The third-order valence-electron chi connectivity index (χ3n) is 2.11. The molecule has 0 saturated carbocycles. The second kappa shape index (κ2) is 5.13. The first kappa shape index (κ1) is 12.5. The summed E-state index contributed by atoms with van der Waals surface area (Å²) in [6.07, 6.45) is 1.84. The van der Waals surface area contributed by atoms with E-state index in [1.807, 2.05) is 27.2 Å². The van der Waals surface area contributed by atoms with Gasteiger partial charge in [0.05, 0.1) is 6.54 Å². The average molecular weight is 265 g/mol. The van der Waals surface area contributed by atoms with E-state index in [2.05, 4.69) is 25.3 Å². The van der Waals surface area contributed by atoms with Crippen LogP contribution in [-0.2, 0) is 6.54 Å². The van der Waals surface area contributed by atoms with E-state index in [0.29, 0.717) is 18.4 Å². The summed E-state index contributed by atoms with van der Waals surface area (Å²) in [6, 6.07) is 0. The maximum absolute atomic E-state index is 5.63. The van der Waals surface area contributed by atoms with Crippen molar-refractivity contribution in [2.45, 2.75) is 13.5 Å². The minimum atomic E-state index is 0.200. The lowest BCUT2D eigenvalue weighted by Crippen LogP contribution is -2.16. The third kappa shape index (κ3) is 3.04. The molecule has 0 aliphatic rings. The van der Waals surface area contributed by atoms with E-state index in [1.54, 1.807) is 16.2 Å². The Bertz CT molecular complexity index is 537. The molecule has 0 spiro atoms. The van der Waals surface area contributed by atoms with Crippen LogP contribution in [0, 0.1) is 6.92 Å². The van der Waals surface area contributed by atoms with Gasteiger partial charge in [0.1, 0.15) is 5.01 Å². The molecule has 2 aromatic rings. The molecule has 0 aliphatic carbocycles. The lowest BCUT2D eigenvalue weighted by Gasteiger charge is -2.11. The first-order chi connectivity index (χ1) is 8.54. The molecule has 0 aliphatic heterocycles. The molecule has 0 amide bonds. The highest BCUT2D eigenvalue weighted by Crippen LogP contribution is 2.14. The van der Waals surface area contributed by atoms with E-state index in [1.165, 1.54) is 4.88 Å². The van der Waals surface area contributed by atoms with Gasteiger partial charge in [0.25, 0.3) is 0 Å². The van der Waals surface area contributed by atoms with Crippen molar-refractivity contribution in [1.82, 2.24) is 19.9 Å². The summed E-state index contributed by atoms with van der Waals surface area (Å²) in [5.41, 5.74) is 5.63. The van der Waals surface area contributed by atoms with Crippen molar-refractivity contribution in [1.29, 1.82) is 0 Å². The van der Waals surface area contributed by atoms with Crippen molar-refractivity contribution in [3.63, 3.8) is 0 Å². The molecular formula is C10H15N7S. The second-order valence-corrected chi connectivity index (χ2v) is 5.25. The summed E-state index contributed by atoms with van der Waals surface area (Å²) in [5.74, 6) is 1.19. The van der Waals surface area contributed by atoms with Gasteiger partial charge in [-0.1, -0.05) is 0 Å². The van der Waals surface area contributed by atoms with Gasteiger partial charge in [-0.15, -0.1) is 11.3 Å². The Morgan fingerprint density at radius 2 is 2.11 bits per heavy atom. The van der Waals surface area contributed by atoms with E-state index in [-0.39, 0.29) is 5.95 Å². The van der Waals surface area contributed by atoms with E-state index >= 15 is 0 Å². The van der Waals surface area contributed by atoms with Gasteiger partial charge in [-0.05, 0) is 6.92 Å². The molecule has 0 saturated heterocycles. The minimum Gasteiger partial charge on any atom is -0.368 e. The Morgan fingerprint density at radius 1 is 1.33 bits per heavy atom. The van der Waals surface area contributed by atoms with Gasteiger partial charge in [-0.2, -0.15) is 15.0 Å². The Balaban J connectivity index is 2.09. The lowest BCUT2D eigenvalue weighted by atomic mass is 10.6. The smallest absolute Gasteiger partial charge is 0.231 e. The first-order valence-electron chi connectivity index (χ1n) is 5.38. The van der Waals surface area contributed by atoms with Gasteiger partial charge >= 0.3 is 0 Å². The van der Waals surface area contributed by atoms with E-state index in [0.717, 1.165) is 5.01 Å². The van der Waals surface area contributed by atoms with Crippen molar-refractivity contribution >= 4 is 29.2 Å². The average Bonchev–Trinajstić information content (AvgIpc) is 2.72. The number of aryl methyl sites for hydroxylation is 1. The van der Waals surface area contributed by atoms with Crippen molar-refractivity contribution in [3.8, 4) is 0 Å². The summed E-state index contributed by atoms with van der Waals surface area (Å²) in [5, 5.41) is 4.07. The molecule has 2 heterocycles. The molecule has 0 radical (unpaired) electrons. The largest absolute Gasteiger partial charge is 0.368 e. The molecule has 0 aromatic carbocycles. The van der Waals surface area contributed by atoms with Gasteiger partial charge in [-0.25, -0.2) is 4.98 Å². The number of hydrogen-bond acceptors (Lipinski definition) is 8. The molecule has 0 unspecified atom stereocenters. The van der Waals surface area contributed by atoms with Crippen LogP contribution in [0.1, 0.15) is 9.88 Å². The first-order valence-corrected chi connectivity index (χ1v) is 6.20. The number of nitrogens with one attached hydrogen (secondary N) is 1. The Kier molecular flexibility index (Phi) is 3.56. The molecule has 2 rings (SSSR count). The molecule has 2 aromatic heterocycles. The number of nitrogens with two attached hydrogens (primary N) is 1. The maximum atomic E-state index is 5.63. The van der Waals surface area contributed by atoms with Crippen LogP contribution in [0.15, 0.2) is 6.20 Å². The van der Waals surface area contributed by atoms with Crippen LogP contribution in [0.5, 0.6) is 0 Å². The zero-order valence-corrected chi connectivity index (χ0v) is 11.3. The van der Waals surface area contributed by atoms with Crippen molar-refractivity contribution in [3.05, 3.63) is 16.1 Å². The van der Waals surface area contributed by atoms with Crippen LogP contribution in [0.25, 0.3) is 0 Å². The number of nitrogens with zero attached hydrogens (tertiary/aromatic N) is 5. The molecule has 3 N–H and O–H groups in total. The zero-order valence-electron chi connectivity index (χ0n) is 10.5. The predicted molar refractivity (Wildman–Crippen MR) is 72.7 cm³/mol. The fourth-order valence-corrected chi connectivity index (χ4v) is 2.02. The van der Waals surface area contributed by atoms with Crippen molar-refractivity contribution < 1.29 is 0 Å². The highest BCUT2D eigenvalue weighted by atomic mass is 32.1. The summed E-state index contributed by atoms with van der Waals surface area (Å²) in [7, 11) is 3.70. The minimum absolute atomic E-state index is 0.200. The predicted octanol–water partition coefficient (Wildman–Crippen LogP) is 0.897. The molecule has 96 valence electrons. The Labute approximate surface area is 109 Å². The third-order valence-corrected chi connectivity index (χ3v) is 3.02. The normalized spacial score (nSPS) is 10.4. The van der Waals surface area contributed by atoms with Crippen molar-refractivity contribution in [2.75, 3.05) is 30.0 Å². The number of anilines is 3. The van der Waals surface area contributed by atoms with Crippen LogP contribution in [-0.4, -0.2) is 34.0 Å². The standard InChI is InChI=1S/C10H15N7S/c1-6-4-12-7(18-6)5-13-9-14-8(11)15-10(16-9)17(2)3/h4H,5H2,1-3H3,(H3,11,13,14,15,16). The van der Waals surface area contributed by atoms with E-state index in [9.17, 15) is 0 Å². The molecular weight excluding hydrogens is 250 g/mol. The Morgan fingerprint density at radius 3 is 2.72 bits per heavy atom. The quantitative estimate of drug-likeness (QED) is 0.848. The van der Waals surface area contributed by atoms with Crippen LogP contribution < -0.4 is 16.0 Å². The van der Waals surface area contributed by atoms with E-state index < -0.39 is 0 Å². The number of hydrogen-bond donors (Lipinski definition) is 2. The van der Waals surface area contributed by atoms with Crippen molar-refractivity contribution in [2.24, 2.45) is 0 Å². The molecule has 0 fully saturated rings. The summed E-state index contributed by atoms with van der Waals surface area (Å²) >= 11 is 1.64. The zero-order chi connectivity index (χ0) is 13.1. The lowest BCUT2D eigenvalue weighted by molar-refractivity contribution is 0.947. The maximum Gasteiger partial charge on any atom is 0.231 e. The van der Waals surface area contributed by atoms with E-state index in [4.69, 9.17) is 5.73 Å². The van der Waals surface area contributed by atoms with Crippen LogP contribution in [0.2, 0.25) is 0 Å². The van der Waals surface area contributed by atoms with Gasteiger partial charge in [0, 0.05) is 25.2 Å². The number of thiazole rings is 1.